The fourth-order valence-electron chi connectivity index (χ4n) is 1.24. The number of alkyl halides is 2. The number of hydrogen-bond donors (Lipinski definition) is 0. The Morgan fingerprint density at radius 1 is 1.33 bits per heavy atom. The molecule has 0 aliphatic carbocycles. The van der Waals surface area contributed by atoms with Crippen LogP contribution >= 0.6 is 0 Å². The third-order valence-corrected chi connectivity index (χ3v) is 1.79. The molecule has 0 N–H and O–H groups in total. The van der Waals surface area contributed by atoms with Gasteiger partial charge in [0.05, 0.1) is 6.61 Å². The molecule has 0 aromatic heterocycles. The van der Waals surface area contributed by atoms with Gasteiger partial charge in [-0.2, -0.15) is 8.78 Å². The summed E-state index contributed by atoms with van der Waals surface area (Å²) in [5.41, 5.74) is 0. The van der Waals surface area contributed by atoms with E-state index in [1.54, 1.807) is 6.92 Å². The van der Waals surface area contributed by atoms with Crippen molar-refractivity contribution in [3.05, 3.63) is 0 Å². The highest BCUT2D eigenvalue weighted by Crippen LogP contribution is 2.25. The summed E-state index contributed by atoms with van der Waals surface area (Å²) in [6, 6.07) is 0. The molecule has 12 heavy (non-hydrogen) atoms. The first-order chi connectivity index (χ1) is 5.17. The Bertz CT molecular complexity index is 126. The molecule has 1 aliphatic heterocycles. The number of likely N-dealkylation sites (tertiary alicyclic amines) is 1. The topological polar surface area (TPSA) is 12.5 Å². The van der Waals surface area contributed by atoms with E-state index in [2.05, 4.69) is 4.74 Å². The molecule has 0 bridgehead atoms. The molecule has 0 amide bonds. The maximum absolute atomic E-state index is 12.8. The molecule has 1 rings (SSSR count). The van der Waals surface area contributed by atoms with Gasteiger partial charge in [0.25, 0.3) is 0 Å². The highest BCUT2D eigenvalue weighted by Gasteiger charge is 2.39. The van der Waals surface area contributed by atoms with Crippen LogP contribution in [0.4, 0.5) is 13.5 Å². The summed E-state index contributed by atoms with van der Waals surface area (Å²) in [7, 11) is 0. The molecule has 1 fully saturated rings. The van der Waals surface area contributed by atoms with Gasteiger partial charge in [-0.25, -0.2) is 4.90 Å². The van der Waals surface area contributed by atoms with E-state index < -0.39 is 6.23 Å². The minimum absolute atomic E-state index is 0. The normalized spacial score (nSPS) is 19.2. The van der Waals surface area contributed by atoms with Crippen LogP contribution in [0.3, 0.4) is 0 Å². The van der Waals surface area contributed by atoms with Crippen LogP contribution in [0.2, 0.25) is 0 Å². The zero-order valence-electron chi connectivity index (χ0n) is 7.06. The second kappa shape index (κ2) is 4.67. The zero-order chi connectivity index (χ0) is 8.32. The molecule has 0 atom stereocenters. The van der Waals surface area contributed by atoms with Crippen molar-refractivity contribution in [1.82, 2.24) is 4.90 Å². The van der Waals surface area contributed by atoms with Crippen molar-refractivity contribution in [3.8, 4) is 0 Å². The fourth-order valence-corrected chi connectivity index (χ4v) is 1.24. The van der Waals surface area contributed by atoms with Gasteiger partial charge in [-0.05, 0) is 19.8 Å². The van der Waals surface area contributed by atoms with Gasteiger partial charge in [0, 0.05) is 13.1 Å². The lowest BCUT2D eigenvalue weighted by Crippen LogP contribution is -2.41. The third-order valence-electron chi connectivity index (χ3n) is 1.79. The average Bonchev–Trinajstić information content (AvgIpc) is 2.37. The second-order valence-electron chi connectivity index (χ2n) is 2.61. The minimum atomic E-state index is -3.04. The molecule has 74 valence electrons. The zero-order valence-corrected chi connectivity index (χ0v) is 7.06. The first-order valence-corrected chi connectivity index (χ1v) is 3.93. The van der Waals surface area contributed by atoms with Crippen molar-refractivity contribution in [2.75, 3.05) is 19.7 Å². The van der Waals surface area contributed by atoms with Crippen molar-refractivity contribution in [2.45, 2.75) is 26.0 Å². The molecule has 0 aromatic rings. The van der Waals surface area contributed by atoms with Crippen LogP contribution in [0, 0.1) is 0 Å². The Balaban J connectivity index is 0.00000121. The predicted octanol–water partition coefficient (Wildman–Crippen LogP) is 1.82. The fraction of sp³-hybridized carbons (Fsp3) is 1.00. The molecule has 0 spiro atoms. The van der Waals surface area contributed by atoms with E-state index in [9.17, 15) is 8.78 Å². The molecule has 1 aliphatic rings. The minimum Gasteiger partial charge on any atom is -0.307 e. The first kappa shape index (κ1) is 11.7. The van der Waals surface area contributed by atoms with Crippen LogP contribution in [0.1, 0.15) is 19.8 Å². The lowest BCUT2D eigenvalue weighted by molar-refractivity contribution is -0.320. The maximum atomic E-state index is 12.8. The summed E-state index contributed by atoms with van der Waals surface area (Å²) < 4.78 is 30.0. The Morgan fingerprint density at radius 2 is 1.83 bits per heavy atom. The van der Waals surface area contributed by atoms with Gasteiger partial charge in [-0.15, -0.1) is 0 Å². The summed E-state index contributed by atoms with van der Waals surface area (Å²) in [6.45, 7) is 2.54. The van der Waals surface area contributed by atoms with Crippen LogP contribution in [0.25, 0.3) is 0 Å². The van der Waals surface area contributed by atoms with E-state index in [4.69, 9.17) is 0 Å². The van der Waals surface area contributed by atoms with Crippen LogP contribution in [-0.2, 0) is 4.74 Å². The number of nitrogens with zero attached hydrogens (tertiary/aromatic N) is 1. The highest BCUT2D eigenvalue weighted by molar-refractivity contribution is 4.68. The summed E-state index contributed by atoms with van der Waals surface area (Å²) in [5.74, 6) is 0. The van der Waals surface area contributed by atoms with Gasteiger partial charge < -0.3 is 4.74 Å². The summed E-state index contributed by atoms with van der Waals surface area (Å²) in [5, 5.41) is 0. The summed E-state index contributed by atoms with van der Waals surface area (Å²) >= 11 is 0. The van der Waals surface area contributed by atoms with Crippen molar-refractivity contribution < 1.29 is 18.2 Å². The van der Waals surface area contributed by atoms with Gasteiger partial charge in [-0.1, -0.05) is 0 Å². The predicted molar refractivity (Wildman–Crippen MR) is 39.9 cm³/mol. The largest absolute Gasteiger partial charge is 0.424 e. The molecule has 0 radical (unpaired) electrons. The van der Waals surface area contributed by atoms with E-state index in [1.165, 1.54) is 0 Å². The lowest BCUT2D eigenvalue weighted by Gasteiger charge is -2.25. The van der Waals surface area contributed by atoms with Gasteiger partial charge in [0.2, 0.25) is 0 Å². The standard InChI is InChI=1S/C7H13F2NO.FH/c1-2-11-7(8,9)10-5-3-4-6-10;/h2-6H2,1H3;1H. The molecule has 1 heterocycles. The summed E-state index contributed by atoms with van der Waals surface area (Å²) in [4.78, 5) is 1.08. The Morgan fingerprint density at radius 3 is 2.25 bits per heavy atom. The smallest absolute Gasteiger partial charge is 0.307 e. The van der Waals surface area contributed by atoms with Gasteiger partial charge in [0.1, 0.15) is 0 Å². The average molecular weight is 185 g/mol. The Kier molecular flexibility index (Phi) is 4.55. The molecule has 0 unspecified atom stereocenters. The molecular weight excluding hydrogens is 171 g/mol. The van der Waals surface area contributed by atoms with Crippen LogP contribution in [0.15, 0.2) is 0 Å². The number of halogens is 3. The maximum Gasteiger partial charge on any atom is 0.424 e. The second-order valence-corrected chi connectivity index (χ2v) is 2.61. The van der Waals surface area contributed by atoms with Crippen LogP contribution in [-0.4, -0.2) is 30.8 Å². The van der Waals surface area contributed by atoms with Crippen molar-refractivity contribution in [2.24, 2.45) is 0 Å². The monoisotopic (exact) mass is 185 g/mol. The van der Waals surface area contributed by atoms with Crippen molar-refractivity contribution >= 4 is 0 Å². The van der Waals surface area contributed by atoms with Crippen molar-refractivity contribution in [1.29, 1.82) is 0 Å². The van der Waals surface area contributed by atoms with E-state index in [0.29, 0.717) is 13.1 Å². The van der Waals surface area contributed by atoms with Crippen molar-refractivity contribution in [3.63, 3.8) is 0 Å². The molecular formula is C7H14F3NO. The SMILES string of the molecule is CCOC(F)(F)N1CCCC1.F. The Hall–Kier alpha value is -0.290. The third kappa shape index (κ3) is 2.64. The van der Waals surface area contributed by atoms with Gasteiger partial charge in [-0.3, -0.25) is 4.70 Å². The van der Waals surface area contributed by atoms with Crippen LogP contribution < -0.4 is 0 Å². The van der Waals surface area contributed by atoms with E-state index in [-0.39, 0.29) is 11.3 Å². The Labute approximate surface area is 69.9 Å². The van der Waals surface area contributed by atoms with Gasteiger partial charge >= 0.3 is 6.23 Å². The highest BCUT2D eigenvalue weighted by atomic mass is 19.3. The van der Waals surface area contributed by atoms with Crippen LogP contribution in [0.5, 0.6) is 0 Å². The number of hydrogen-bond acceptors (Lipinski definition) is 2. The first-order valence-electron chi connectivity index (χ1n) is 3.93. The lowest BCUT2D eigenvalue weighted by atomic mass is 10.4. The van der Waals surface area contributed by atoms with Gasteiger partial charge in [0.15, 0.2) is 0 Å². The molecule has 5 heteroatoms. The molecule has 0 saturated carbocycles. The van der Waals surface area contributed by atoms with E-state index in [1.807, 2.05) is 0 Å². The van der Waals surface area contributed by atoms with E-state index >= 15 is 0 Å². The molecule has 0 aromatic carbocycles. The molecule has 2 nitrogen and oxygen atoms in total. The number of rotatable bonds is 3. The quantitative estimate of drug-likeness (QED) is 0.622. The summed E-state index contributed by atoms with van der Waals surface area (Å²) in [6.07, 6.45) is -1.34. The van der Waals surface area contributed by atoms with E-state index in [0.717, 1.165) is 17.7 Å². The molecule has 1 saturated heterocycles. The number of ether oxygens (including phenoxy) is 1.